The summed E-state index contributed by atoms with van der Waals surface area (Å²) in [5, 5.41) is 0.569. The van der Waals surface area contributed by atoms with Crippen LogP contribution in [0.4, 0.5) is 0 Å². The van der Waals surface area contributed by atoms with Crippen LogP contribution in [0.1, 0.15) is 17.0 Å². The molecule has 4 rings (SSSR count). The number of hydrogen-bond donors (Lipinski definition) is 0. The van der Waals surface area contributed by atoms with Gasteiger partial charge in [-0.1, -0.05) is 28.1 Å². The van der Waals surface area contributed by atoms with Crippen LogP contribution in [-0.2, 0) is 0 Å². The molecule has 1 aromatic heterocycles. The zero-order chi connectivity index (χ0) is 22.0. The third kappa shape index (κ3) is 4.11. The van der Waals surface area contributed by atoms with Gasteiger partial charge in [0.1, 0.15) is 17.3 Å². The Morgan fingerprint density at radius 1 is 0.968 bits per heavy atom. The fourth-order valence-corrected chi connectivity index (χ4v) is 3.66. The molecule has 0 aliphatic carbocycles. The van der Waals surface area contributed by atoms with Crippen LogP contribution in [0.5, 0.6) is 11.5 Å². The summed E-state index contributed by atoms with van der Waals surface area (Å²) in [7, 11) is 3.24. The number of benzene rings is 3. The Kier molecular flexibility index (Phi) is 5.91. The second-order valence-corrected chi connectivity index (χ2v) is 7.86. The average molecular weight is 477 g/mol. The van der Waals surface area contributed by atoms with Crippen molar-refractivity contribution in [3.05, 3.63) is 92.4 Å². The molecule has 3 aromatic carbocycles. The number of fused-ring (bicyclic) bond motifs is 1. The predicted octanol–water partition coefficient (Wildman–Crippen LogP) is 5.64. The number of halogens is 1. The third-order valence-electron chi connectivity index (χ3n) is 5.05. The molecule has 0 fully saturated rings. The van der Waals surface area contributed by atoms with Gasteiger partial charge in [-0.05, 0) is 73.2 Å². The van der Waals surface area contributed by atoms with E-state index in [1.807, 2.05) is 73.7 Å². The van der Waals surface area contributed by atoms with Gasteiger partial charge >= 0.3 is 0 Å². The first-order valence-electron chi connectivity index (χ1n) is 9.70. The minimum atomic E-state index is -0.121. The molecule has 0 unspecified atom stereocenters. The highest BCUT2D eigenvalue weighted by atomic mass is 79.9. The van der Waals surface area contributed by atoms with Crippen LogP contribution in [-0.4, -0.2) is 23.8 Å². The van der Waals surface area contributed by atoms with Crippen LogP contribution >= 0.6 is 15.9 Å². The van der Waals surface area contributed by atoms with E-state index in [2.05, 4.69) is 15.9 Å². The van der Waals surface area contributed by atoms with E-state index in [1.54, 1.807) is 24.9 Å². The van der Waals surface area contributed by atoms with E-state index in [4.69, 9.17) is 14.5 Å². The molecule has 0 saturated carbocycles. The topological polar surface area (TPSA) is 53.4 Å². The van der Waals surface area contributed by atoms with Crippen molar-refractivity contribution in [3.8, 4) is 17.2 Å². The van der Waals surface area contributed by atoms with Gasteiger partial charge in [0, 0.05) is 10.0 Å². The van der Waals surface area contributed by atoms with Gasteiger partial charge < -0.3 is 9.47 Å². The molecule has 0 aliphatic heterocycles. The molecule has 5 nitrogen and oxygen atoms in total. The first-order valence-corrected chi connectivity index (χ1v) is 10.5. The second kappa shape index (κ2) is 8.78. The molecule has 156 valence electrons. The van der Waals surface area contributed by atoms with Crippen LogP contribution in [0.2, 0.25) is 0 Å². The minimum Gasteiger partial charge on any atom is -0.497 e. The number of aryl methyl sites for hydroxylation is 1. The van der Waals surface area contributed by atoms with Crippen LogP contribution < -0.4 is 15.0 Å². The van der Waals surface area contributed by atoms with Crippen LogP contribution in [0.15, 0.2) is 69.9 Å². The van der Waals surface area contributed by atoms with E-state index < -0.39 is 0 Å². The molecule has 0 saturated heterocycles. The monoisotopic (exact) mass is 476 g/mol. The Morgan fingerprint density at radius 2 is 1.77 bits per heavy atom. The Bertz CT molecular complexity index is 1360. The molecule has 0 bridgehead atoms. The Hall–Kier alpha value is -3.38. The minimum absolute atomic E-state index is 0.121. The summed E-state index contributed by atoms with van der Waals surface area (Å²) in [6, 6.07) is 18.7. The molecule has 6 heteroatoms. The molecular weight excluding hydrogens is 456 g/mol. The fourth-order valence-electron chi connectivity index (χ4n) is 3.41. The molecule has 0 N–H and O–H groups in total. The van der Waals surface area contributed by atoms with E-state index in [-0.39, 0.29) is 5.56 Å². The molecule has 31 heavy (non-hydrogen) atoms. The van der Waals surface area contributed by atoms with E-state index in [0.717, 1.165) is 21.3 Å². The van der Waals surface area contributed by atoms with Crippen LogP contribution in [0, 0.1) is 6.92 Å². The van der Waals surface area contributed by atoms with Crippen molar-refractivity contribution < 1.29 is 9.47 Å². The summed E-state index contributed by atoms with van der Waals surface area (Å²) >= 11 is 3.53. The Morgan fingerprint density at radius 3 is 2.52 bits per heavy atom. The lowest BCUT2D eigenvalue weighted by atomic mass is 10.1. The lowest BCUT2D eigenvalue weighted by Crippen LogP contribution is -2.22. The highest BCUT2D eigenvalue weighted by molar-refractivity contribution is 9.10. The highest BCUT2D eigenvalue weighted by Crippen LogP contribution is 2.26. The second-order valence-electron chi connectivity index (χ2n) is 7.00. The maximum absolute atomic E-state index is 13.4. The first kappa shape index (κ1) is 20.9. The maximum atomic E-state index is 13.4. The van der Waals surface area contributed by atoms with E-state index in [0.29, 0.717) is 28.2 Å². The summed E-state index contributed by atoms with van der Waals surface area (Å²) in [6.45, 7) is 1.99. The summed E-state index contributed by atoms with van der Waals surface area (Å²) in [6.07, 6.45) is 3.70. The van der Waals surface area contributed by atoms with Crippen molar-refractivity contribution in [2.75, 3.05) is 14.2 Å². The lowest BCUT2D eigenvalue weighted by molar-refractivity contribution is 0.402. The van der Waals surface area contributed by atoms with Crippen molar-refractivity contribution in [3.63, 3.8) is 0 Å². The molecule has 4 aromatic rings. The fraction of sp³-hybridized carbons (Fsp3) is 0.120. The summed E-state index contributed by atoms with van der Waals surface area (Å²) in [5.74, 6) is 1.94. The average Bonchev–Trinajstić information content (AvgIpc) is 2.79. The number of aromatic nitrogens is 2. The number of hydrogen-bond acceptors (Lipinski definition) is 4. The van der Waals surface area contributed by atoms with Gasteiger partial charge in [0.15, 0.2) is 0 Å². The molecule has 0 atom stereocenters. The molecule has 1 heterocycles. The van der Waals surface area contributed by atoms with Crippen molar-refractivity contribution in [2.24, 2.45) is 0 Å². The van der Waals surface area contributed by atoms with Gasteiger partial charge in [0.05, 0.1) is 30.8 Å². The first-order chi connectivity index (χ1) is 15.0. The summed E-state index contributed by atoms with van der Waals surface area (Å²) in [4.78, 5) is 18.2. The Labute approximate surface area is 188 Å². The molecule has 0 aliphatic rings. The third-order valence-corrected chi connectivity index (χ3v) is 5.94. The number of rotatable bonds is 5. The van der Waals surface area contributed by atoms with Crippen molar-refractivity contribution in [2.45, 2.75) is 6.92 Å². The maximum Gasteiger partial charge on any atom is 0.266 e. The van der Waals surface area contributed by atoms with Gasteiger partial charge in [0.25, 0.3) is 5.56 Å². The van der Waals surface area contributed by atoms with Gasteiger partial charge in [-0.15, -0.1) is 0 Å². The largest absolute Gasteiger partial charge is 0.497 e. The molecule has 0 radical (unpaired) electrons. The van der Waals surface area contributed by atoms with Gasteiger partial charge in [-0.25, -0.2) is 4.98 Å². The summed E-state index contributed by atoms with van der Waals surface area (Å²) < 4.78 is 13.4. The van der Waals surface area contributed by atoms with Gasteiger partial charge in [-0.2, -0.15) is 0 Å². The lowest BCUT2D eigenvalue weighted by Gasteiger charge is -2.13. The van der Waals surface area contributed by atoms with E-state index in [9.17, 15) is 4.79 Å². The van der Waals surface area contributed by atoms with Crippen LogP contribution in [0.3, 0.4) is 0 Å². The summed E-state index contributed by atoms with van der Waals surface area (Å²) in [5.41, 5.74) is 3.13. The quantitative estimate of drug-likeness (QED) is 0.373. The molecule has 0 amide bonds. The molecular formula is C25H21BrN2O3. The van der Waals surface area contributed by atoms with E-state index in [1.165, 1.54) is 0 Å². The SMILES string of the molecule is COc1ccc(OC)c(/C=C/c2nc3ccccc3c(=O)n2-c2ccc(Br)c(C)c2)c1. The van der Waals surface area contributed by atoms with Gasteiger partial charge in [-0.3, -0.25) is 9.36 Å². The Balaban J connectivity index is 1.94. The number of nitrogens with zero attached hydrogens (tertiary/aromatic N) is 2. The number of ether oxygens (including phenoxy) is 2. The van der Waals surface area contributed by atoms with E-state index >= 15 is 0 Å². The van der Waals surface area contributed by atoms with Crippen molar-refractivity contribution in [1.82, 2.24) is 9.55 Å². The predicted molar refractivity (Wildman–Crippen MR) is 128 cm³/mol. The van der Waals surface area contributed by atoms with Crippen LogP contribution in [0.25, 0.3) is 28.7 Å². The number of para-hydroxylation sites is 1. The zero-order valence-corrected chi connectivity index (χ0v) is 19.0. The van der Waals surface area contributed by atoms with Crippen molar-refractivity contribution >= 4 is 39.0 Å². The normalized spacial score (nSPS) is 11.2. The highest BCUT2D eigenvalue weighted by Gasteiger charge is 2.12. The standard InChI is InChI=1S/C25H21BrN2O3/c1-16-14-18(9-11-21(16)26)28-24(27-22-7-5-4-6-20(22)25(28)29)13-8-17-15-19(30-2)10-12-23(17)31-3/h4-15H,1-3H3/b13-8+. The molecule has 0 spiro atoms. The zero-order valence-electron chi connectivity index (χ0n) is 17.4. The number of methoxy groups -OCH3 is 2. The van der Waals surface area contributed by atoms with Gasteiger partial charge in [0.2, 0.25) is 0 Å². The van der Waals surface area contributed by atoms with Crippen molar-refractivity contribution in [1.29, 1.82) is 0 Å². The smallest absolute Gasteiger partial charge is 0.266 e.